The number of halogens is 1. The zero-order valence-corrected chi connectivity index (χ0v) is 11.0. The zero-order valence-electron chi connectivity index (χ0n) is 9.38. The Bertz CT molecular complexity index is 418. The molecule has 1 amide bonds. The highest BCUT2D eigenvalue weighted by atomic mass is 79.9. The summed E-state index contributed by atoms with van der Waals surface area (Å²) in [4.78, 5) is 11.8. The molecule has 0 spiro atoms. The van der Waals surface area contributed by atoms with E-state index in [4.69, 9.17) is 0 Å². The molecule has 1 aromatic rings. The van der Waals surface area contributed by atoms with Crippen LogP contribution in [0.3, 0.4) is 0 Å². The van der Waals surface area contributed by atoms with E-state index in [1.54, 1.807) is 6.07 Å². The van der Waals surface area contributed by atoms with Crippen LogP contribution in [0.25, 0.3) is 0 Å². The number of rotatable bonds is 4. The van der Waals surface area contributed by atoms with Crippen LogP contribution < -0.4 is 5.32 Å². The quantitative estimate of drug-likeness (QED) is 0.919. The van der Waals surface area contributed by atoms with E-state index in [1.807, 2.05) is 13.8 Å². The van der Waals surface area contributed by atoms with Gasteiger partial charge in [0.25, 0.3) is 5.91 Å². The summed E-state index contributed by atoms with van der Waals surface area (Å²) in [5, 5.41) is 10.7. The van der Waals surface area contributed by atoms with E-state index in [1.165, 1.54) is 0 Å². The van der Waals surface area contributed by atoms with E-state index >= 15 is 0 Å². The van der Waals surface area contributed by atoms with Crippen molar-refractivity contribution in [1.82, 2.24) is 15.5 Å². The normalized spacial score (nSPS) is 9.94. The van der Waals surface area contributed by atoms with Gasteiger partial charge in [0.2, 0.25) is 0 Å². The summed E-state index contributed by atoms with van der Waals surface area (Å²) >= 11 is 3.19. The minimum Gasteiger partial charge on any atom is -0.347 e. The van der Waals surface area contributed by atoms with Gasteiger partial charge < -0.3 is 5.32 Å². The highest BCUT2D eigenvalue weighted by Crippen LogP contribution is 2.08. The van der Waals surface area contributed by atoms with E-state index in [0.717, 1.165) is 10.2 Å². The predicted octanol–water partition coefficient (Wildman–Crippen LogP) is 1.99. The van der Waals surface area contributed by atoms with Crippen molar-refractivity contribution >= 4 is 21.8 Å². The van der Waals surface area contributed by atoms with Crippen LogP contribution in [-0.2, 0) is 6.42 Å². The Balaban J connectivity index is 2.88. The SMILES string of the molecule is C=C(Br)CNC(=O)c1cc(C)nnc1CC. The molecule has 0 aliphatic rings. The molecule has 0 radical (unpaired) electrons. The molecule has 0 saturated heterocycles. The summed E-state index contributed by atoms with van der Waals surface area (Å²) in [6, 6.07) is 1.75. The third kappa shape index (κ3) is 3.41. The fourth-order valence-electron chi connectivity index (χ4n) is 1.24. The highest BCUT2D eigenvalue weighted by molar-refractivity contribution is 9.11. The standard InChI is InChI=1S/C11H14BrN3O/c1-4-10-9(5-8(3)14-15-10)11(16)13-6-7(2)12/h5H,2,4,6H2,1,3H3,(H,13,16). The molecule has 1 heterocycles. The van der Waals surface area contributed by atoms with E-state index in [2.05, 4.69) is 38.0 Å². The van der Waals surface area contributed by atoms with Gasteiger partial charge in [-0.1, -0.05) is 29.4 Å². The van der Waals surface area contributed by atoms with Crippen molar-refractivity contribution < 1.29 is 4.79 Å². The van der Waals surface area contributed by atoms with Gasteiger partial charge in [-0.3, -0.25) is 4.79 Å². The Kier molecular flexibility index (Phi) is 4.61. The van der Waals surface area contributed by atoms with Crippen molar-refractivity contribution in [2.75, 3.05) is 6.54 Å². The lowest BCUT2D eigenvalue weighted by atomic mass is 10.1. The average Bonchev–Trinajstić information content (AvgIpc) is 2.25. The summed E-state index contributed by atoms with van der Waals surface area (Å²) in [5.74, 6) is -0.143. The Morgan fingerprint density at radius 3 is 2.81 bits per heavy atom. The lowest BCUT2D eigenvalue weighted by molar-refractivity contribution is 0.0956. The molecule has 4 nitrogen and oxygen atoms in total. The number of carbonyl (C=O) groups is 1. The largest absolute Gasteiger partial charge is 0.347 e. The minimum atomic E-state index is -0.143. The van der Waals surface area contributed by atoms with Gasteiger partial charge in [-0.15, -0.1) is 0 Å². The average molecular weight is 284 g/mol. The number of carbonyl (C=O) groups excluding carboxylic acids is 1. The molecule has 16 heavy (non-hydrogen) atoms. The number of hydrogen-bond acceptors (Lipinski definition) is 3. The lowest BCUT2D eigenvalue weighted by Crippen LogP contribution is -2.26. The second kappa shape index (κ2) is 5.75. The summed E-state index contributed by atoms with van der Waals surface area (Å²) in [7, 11) is 0. The van der Waals surface area contributed by atoms with E-state index < -0.39 is 0 Å². The highest BCUT2D eigenvalue weighted by Gasteiger charge is 2.12. The number of nitrogens with one attached hydrogen (secondary N) is 1. The topological polar surface area (TPSA) is 54.9 Å². The molecule has 5 heteroatoms. The number of hydrogen-bond donors (Lipinski definition) is 1. The molecule has 0 saturated carbocycles. The van der Waals surface area contributed by atoms with Gasteiger partial charge in [-0.05, 0) is 19.4 Å². The van der Waals surface area contributed by atoms with E-state index in [0.29, 0.717) is 24.2 Å². The number of aromatic nitrogens is 2. The smallest absolute Gasteiger partial charge is 0.253 e. The molecular weight excluding hydrogens is 270 g/mol. The summed E-state index contributed by atoms with van der Waals surface area (Å²) in [6.07, 6.45) is 0.686. The molecule has 0 unspecified atom stereocenters. The predicted molar refractivity (Wildman–Crippen MR) is 66.5 cm³/mol. The summed E-state index contributed by atoms with van der Waals surface area (Å²) in [6.45, 7) is 7.82. The fourth-order valence-corrected chi connectivity index (χ4v) is 1.38. The van der Waals surface area contributed by atoms with Crippen molar-refractivity contribution in [1.29, 1.82) is 0 Å². The molecule has 1 rings (SSSR count). The van der Waals surface area contributed by atoms with Gasteiger partial charge in [-0.25, -0.2) is 0 Å². The maximum absolute atomic E-state index is 11.8. The van der Waals surface area contributed by atoms with Crippen LogP contribution in [0.2, 0.25) is 0 Å². The molecule has 0 aliphatic carbocycles. The van der Waals surface area contributed by atoms with Gasteiger partial charge in [0.1, 0.15) is 0 Å². The maximum Gasteiger partial charge on any atom is 0.253 e. The zero-order chi connectivity index (χ0) is 12.1. The first-order chi connectivity index (χ1) is 7.54. The van der Waals surface area contributed by atoms with Crippen LogP contribution >= 0.6 is 15.9 Å². The van der Waals surface area contributed by atoms with Gasteiger partial charge in [0, 0.05) is 11.0 Å². The lowest BCUT2D eigenvalue weighted by Gasteiger charge is -2.07. The molecule has 0 aromatic carbocycles. The van der Waals surface area contributed by atoms with Crippen LogP contribution in [0.1, 0.15) is 28.7 Å². The second-order valence-electron chi connectivity index (χ2n) is 3.40. The van der Waals surface area contributed by atoms with E-state index in [-0.39, 0.29) is 5.91 Å². The Morgan fingerprint density at radius 2 is 2.25 bits per heavy atom. The van der Waals surface area contributed by atoms with Crippen molar-refractivity contribution in [3.63, 3.8) is 0 Å². The number of amides is 1. The number of aryl methyl sites for hydroxylation is 2. The maximum atomic E-state index is 11.8. The molecule has 1 aromatic heterocycles. The van der Waals surface area contributed by atoms with Crippen LogP contribution in [0.5, 0.6) is 0 Å². The molecule has 0 aliphatic heterocycles. The molecule has 1 N–H and O–H groups in total. The first-order valence-corrected chi connectivity index (χ1v) is 5.78. The van der Waals surface area contributed by atoms with Crippen molar-refractivity contribution in [2.45, 2.75) is 20.3 Å². The minimum absolute atomic E-state index is 0.143. The van der Waals surface area contributed by atoms with Crippen LogP contribution in [-0.4, -0.2) is 22.6 Å². The van der Waals surface area contributed by atoms with Gasteiger partial charge in [-0.2, -0.15) is 10.2 Å². The summed E-state index contributed by atoms with van der Waals surface area (Å²) in [5.41, 5.74) is 2.03. The third-order valence-electron chi connectivity index (χ3n) is 2.01. The summed E-state index contributed by atoms with van der Waals surface area (Å²) < 4.78 is 0.734. The second-order valence-corrected chi connectivity index (χ2v) is 4.52. The van der Waals surface area contributed by atoms with Crippen LogP contribution in [0.15, 0.2) is 17.1 Å². The van der Waals surface area contributed by atoms with E-state index in [9.17, 15) is 4.79 Å². The van der Waals surface area contributed by atoms with Gasteiger partial charge in [0.15, 0.2) is 0 Å². The third-order valence-corrected chi connectivity index (χ3v) is 2.29. The monoisotopic (exact) mass is 283 g/mol. The Morgan fingerprint density at radius 1 is 1.56 bits per heavy atom. The van der Waals surface area contributed by atoms with Crippen LogP contribution in [0.4, 0.5) is 0 Å². The molecular formula is C11H14BrN3O. The Hall–Kier alpha value is -1.23. The first-order valence-electron chi connectivity index (χ1n) is 4.99. The number of nitrogens with zero attached hydrogens (tertiary/aromatic N) is 2. The first kappa shape index (κ1) is 12.8. The molecule has 0 atom stereocenters. The molecule has 86 valence electrons. The van der Waals surface area contributed by atoms with Crippen LogP contribution in [0, 0.1) is 6.92 Å². The van der Waals surface area contributed by atoms with Crippen molar-refractivity contribution in [2.24, 2.45) is 0 Å². The van der Waals surface area contributed by atoms with Crippen molar-refractivity contribution in [3.8, 4) is 0 Å². The van der Waals surface area contributed by atoms with Gasteiger partial charge >= 0.3 is 0 Å². The Labute approximate surface area is 103 Å². The molecule has 0 bridgehead atoms. The molecule has 0 fully saturated rings. The van der Waals surface area contributed by atoms with Crippen molar-refractivity contribution in [3.05, 3.63) is 34.1 Å². The van der Waals surface area contributed by atoms with Gasteiger partial charge in [0.05, 0.1) is 17.0 Å². The fraction of sp³-hybridized carbons (Fsp3) is 0.364.